The Morgan fingerprint density at radius 1 is 1.25 bits per heavy atom. The van der Waals surface area contributed by atoms with E-state index in [0.717, 1.165) is 18.6 Å². The van der Waals surface area contributed by atoms with Crippen LogP contribution in [-0.2, 0) is 0 Å². The van der Waals surface area contributed by atoms with Crippen LogP contribution in [0, 0.1) is 12.3 Å². The molecule has 1 atom stereocenters. The van der Waals surface area contributed by atoms with Gasteiger partial charge in [0.25, 0.3) is 0 Å². The summed E-state index contributed by atoms with van der Waals surface area (Å²) in [6, 6.07) is 8.31. The van der Waals surface area contributed by atoms with E-state index in [-0.39, 0.29) is 0 Å². The second-order valence-electron chi connectivity index (χ2n) is 3.90. The first kappa shape index (κ1) is 12.6. The van der Waals surface area contributed by atoms with Gasteiger partial charge in [0.2, 0.25) is 0 Å². The summed E-state index contributed by atoms with van der Waals surface area (Å²) in [6.45, 7) is 4.90. The molecule has 0 amide bonds. The van der Waals surface area contributed by atoms with Crippen molar-refractivity contribution in [3.05, 3.63) is 29.8 Å². The fourth-order valence-electron chi connectivity index (χ4n) is 1.88. The van der Waals surface area contributed by atoms with Gasteiger partial charge in [-0.3, -0.25) is 0 Å². The summed E-state index contributed by atoms with van der Waals surface area (Å²) >= 11 is 0. The third-order valence-corrected chi connectivity index (χ3v) is 2.66. The first-order chi connectivity index (χ1) is 7.81. The summed E-state index contributed by atoms with van der Waals surface area (Å²) in [5.74, 6) is 4.18. The zero-order valence-corrected chi connectivity index (χ0v) is 10.2. The maximum absolute atomic E-state index is 5.42. The van der Waals surface area contributed by atoms with E-state index in [0.29, 0.717) is 12.5 Å². The third-order valence-electron chi connectivity index (χ3n) is 2.66. The molecule has 0 bridgehead atoms. The molecule has 0 spiro atoms. The van der Waals surface area contributed by atoms with Crippen LogP contribution in [0.15, 0.2) is 24.3 Å². The van der Waals surface area contributed by atoms with Gasteiger partial charge in [-0.15, -0.1) is 12.3 Å². The lowest BCUT2D eigenvalue weighted by atomic mass is 9.92. The maximum atomic E-state index is 5.42. The Balaban J connectivity index is 2.73. The van der Waals surface area contributed by atoms with Crippen LogP contribution in [0.3, 0.4) is 0 Å². The van der Waals surface area contributed by atoms with E-state index in [1.807, 2.05) is 19.1 Å². The molecule has 1 nitrogen and oxygen atoms in total. The largest absolute Gasteiger partial charge is 0.494 e. The number of ether oxygens (including phenoxy) is 1. The lowest BCUT2D eigenvalue weighted by Gasteiger charge is -2.14. The molecule has 0 heterocycles. The number of benzene rings is 1. The molecule has 0 saturated heterocycles. The van der Waals surface area contributed by atoms with Crippen molar-refractivity contribution in [1.29, 1.82) is 0 Å². The molecule has 0 aromatic heterocycles. The van der Waals surface area contributed by atoms with Crippen LogP contribution >= 0.6 is 0 Å². The molecule has 1 aromatic carbocycles. The molecule has 16 heavy (non-hydrogen) atoms. The van der Waals surface area contributed by atoms with Crippen LogP contribution in [0.2, 0.25) is 0 Å². The molecule has 0 N–H and O–H groups in total. The molecule has 0 fully saturated rings. The number of hydrogen-bond acceptors (Lipinski definition) is 1. The predicted molar refractivity (Wildman–Crippen MR) is 68.7 cm³/mol. The van der Waals surface area contributed by atoms with Crippen molar-refractivity contribution in [2.45, 2.75) is 39.0 Å². The van der Waals surface area contributed by atoms with Crippen molar-refractivity contribution in [3.63, 3.8) is 0 Å². The molecule has 1 heteroatoms. The monoisotopic (exact) mass is 216 g/mol. The van der Waals surface area contributed by atoms with Gasteiger partial charge in [0, 0.05) is 6.42 Å². The SMILES string of the molecule is C#CCC(CCC)c1ccc(OCC)cc1. The Hall–Kier alpha value is -1.42. The minimum Gasteiger partial charge on any atom is -0.494 e. The third kappa shape index (κ3) is 3.62. The molecule has 0 radical (unpaired) electrons. The molecular weight excluding hydrogens is 196 g/mol. The minimum atomic E-state index is 0.491. The molecule has 0 aliphatic carbocycles. The van der Waals surface area contributed by atoms with Gasteiger partial charge in [0.05, 0.1) is 6.61 Å². The summed E-state index contributed by atoms with van der Waals surface area (Å²) < 4.78 is 5.42. The van der Waals surface area contributed by atoms with Crippen LogP contribution < -0.4 is 4.74 Å². The topological polar surface area (TPSA) is 9.23 Å². The number of hydrogen-bond donors (Lipinski definition) is 0. The average Bonchev–Trinajstić information content (AvgIpc) is 2.30. The van der Waals surface area contributed by atoms with E-state index in [1.54, 1.807) is 0 Å². The molecular formula is C15H20O. The van der Waals surface area contributed by atoms with Crippen molar-refractivity contribution in [3.8, 4) is 18.1 Å². The Bertz CT molecular complexity index is 331. The van der Waals surface area contributed by atoms with Gasteiger partial charge in [-0.25, -0.2) is 0 Å². The molecule has 0 aliphatic rings. The van der Waals surface area contributed by atoms with E-state index in [2.05, 4.69) is 25.0 Å². The lowest BCUT2D eigenvalue weighted by molar-refractivity contribution is 0.340. The molecule has 0 saturated carbocycles. The predicted octanol–water partition coefficient (Wildman–Crippen LogP) is 3.99. The molecule has 1 aromatic rings. The van der Waals surface area contributed by atoms with Gasteiger partial charge in [0.15, 0.2) is 0 Å². The van der Waals surface area contributed by atoms with Gasteiger partial charge in [-0.05, 0) is 37.0 Å². The van der Waals surface area contributed by atoms with Crippen molar-refractivity contribution in [2.75, 3.05) is 6.61 Å². The van der Waals surface area contributed by atoms with Gasteiger partial charge in [-0.1, -0.05) is 25.5 Å². The smallest absolute Gasteiger partial charge is 0.119 e. The first-order valence-corrected chi connectivity index (χ1v) is 5.98. The van der Waals surface area contributed by atoms with Gasteiger partial charge >= 0.3 is 0 Å². The first-order valence-electron chi connectivity index (χ1n) is 5.98. The fraction of sp³-hybridized carbons (Fsp3) is 0.467. The molecule has 86 valence electrons. The van der Waals surface area contributed by atoms with Gasteiger partial charge in [-0.2, -0.15) is 0 Å². The summed E-state index contributed by atoms with van der Waals surface area (Å²) in [5.41, 5.74) is 1.32. The van der Waals surface area contributed by atoms with Crippen molar-refractivity contribution < 1.29 is 4.74 Å². The summed E-state index contributed by atoms with van der Waals surface area (Å²) in [4.78, 5) is 0. The highest BCUT2D eigenvalue weighted by molar-refractivity contribution is 5.30. The lowest BCUT2D eigenvalue weighted by Crippen LogP contribution is -1.98. The second-order valence-corrected chi connectivity index (χ2v) is 3.90. The summed E-state index contributed by atoms with van der Waals surface area (Å²) in [6.07, 6.45) is 8.54. The van der Waals surface area contributed by atoms with E-state index in [1.165, 1.54) is 12.0 Å². The summed E-state index contributed by atoms with van der Waals surface area (Å²) in [7, 11) is 0. The zero-order valence-electron chi connectivity index (χ0n) is 10.2. The van der Waals surface area contributed by atoms with Crippen LogP contribution in [0.4, 0.5) is 0 Å². The highest BCUT2D eigenvalue weighted by Crippen LogP contribution is 2.26. The molecule has 1 unspecified atom stereocenters. The zero-order chi connectivity index (χ0) is 11.8. The second kappa shape index (κ2) is 6.95. The van der Waals surface area contributed by atoms with Crippen molar-refractivity contribution in [2.24, 2.45) is 0 Å². The molecule has 1 rings (SSSR count). The Morgan fingerprint density at radius 3 is 2.44 bits per heavy atom. The number of rotatable bonds is 6. The Morgan fingerprint density at radius 2 is 1.94 bits per heavy atom. The highest BCUT2D eigenvalue weighted by atomic mass is 16.5. The Labute approximate surface area is 98.8 Å². The van der Waals surface area contributed by atoms with Crippen molar-refractivity contribution in [1.82, 2.24) is 0 Å². The number of terminal acetylenes is 1. The normalized spacial score (nSPS) is 11.8. The van der Waals surface area contributed by atoms with E-state index in [4.69, 9.17) is 11.2 Å². The fourth-order valence-corrected chi connectivity index (χ4v) is 1.88. The van der Waals surface area contributed by atoms with Crippen LogP contribution in [0.1, 0.15) is 44.6 Å². The van der Waals surface area contributed by atoms with E-state index >= 15 is 0 Å². The van der Waals surface area contributed by atoms with Crippen LogP contribution in [0.5, 0.6) is 5.75 Å². The highest BCUT2D eigenvalue weighted by Gasteiger charge is 2.09. The van der Waals surface area contributed by atoms with Crippen LogP contribution in [-0.4, -0.2) is 6.61 Å². The average molecular weight is 216 g/mol. The maximum Gasteiger partial charge on any atom is 0.119 e. The van der Waals surface area contributed by atoms with Gasteiger partial charge in [0.1, 0.15) is 5.75 Å². The van der Waals surface area contributed by atoms with Crippen LogP contribution in [0.25, 0.3) is 0 Å². The van der Waals surface area contributed by atoms with E-state index < -0.39 is 0 Å². The van der Waals surface area contributed by atoms with Crippen molar-refractivity contribution >= 4 is 0 Å². The quantitative estimate of drug-likeness (QED) is 0.653. The Kier molecular flexibility index (Phi) is 5.50. The summed E-state index contributed by atoms with van der Waals surface area (Å²) in [5, 5.41) is 0. The van der Waals surface area contributed by atoms with Gasteiger partial charge < -0.3 is 4.74 Å². The standard InChI is InChI=1S/C15H20O/c1-4-7-13(8-5-2)14-9-11-15(12-10-14)16-6-3/h1,9-13H,5-8H2,2-3H3. The minimum absolute atomic E-state index is 0.491. The molecule has 0 aliphatic heterocycles. The van der Waals surface area contributed by atoms with E-state index in [9.17, 15) is 0 Å².